The Labute approximate surface area is 116 Å². The summed E-state index contributed by atoms with van der Waals surface area (Å²) in [5, 5.41) is 0. The molecule has 2 aromatic rings. The van der Waals surface area contributed by atoms with Crippen LogP contribution in [-0.2, 0) is 0 Å². The first kappa shape index (κ1) is 13.1. The molecule has 0 N–H and O–H groups in total. The molecule has 2 rings (SSSR count). The topological polar surface area (TPSA) is 22.1 Å². The van der Waals surface area contributed by atoms with Gasteiger partial charge >= 0.3 is 0 Å². The first-order valence-electron chi connectivity index (χ1n) is 5.86. The molecule has 3 heteroatoms. The lowest BCUT2D eigenvalue weighted by Crippen LogP contribution is -1.96. The van der Waals surface area contributed by atoms with Crippen molar-refractivity contribution in [1.82, 2.24) is 4.98 Å². The molecule has 94 valence electrons. The summed E-state index contributed by atoms with van der Waals surface area (Å²) in [4.78, 5) is 4.29. The highest BCUT2D eigenvalue weighted by Crippen LogP contribution is 2.32. The van der Waals surface area contributed by atoms with Gasteiger partial charge in [0.15, 0.2) is 0 Å². The van der Waals surface area contributed by atoms with Crippen LogP contribution in [0.4, 0.5) is 0 Å². The minimum Gasteiger partial charge on any atom is -0.438 e. The van der Waals surface area contributed by atoms with Crippen LogP contribution in [0, 0.1) is 27.7 Å². The van der Waals surface area contributed by atoms with Crippen LogP contribution in [0.25, 0.3) is 0 Å². The normalized spacial score (nSPS) is 10.5. The highest BCUT2D eigenvalue weighted by molar-refractivity contribution is 9.10. The maximum absolute atomic E-state index is 5.97. The van der Waals surface area contributed by atoms with Crippen LogP contribution >= 0.6 is 15.9 Å². The molecule has 1 aromatic carbocycles. The number of hydrogen-bond donors (Lipinski definition) is 0. The zero-order chi connectivity index (χ0) is 13.3. The standard InChI is InChI=1S/C15H16BrNO/c1-9-7-10(2)14(11(3)8-9)18-15-12(4)13(16)5-6-17-15/h5-8H,1-4H3. The van der Waals surface area contributed by atoms with Gasteiger partial charge in [0.2, 0.25) is 5.88 Å². The van der Waals surface area contributed by atoms with E-state index >= 15 is 0 Å². The third kappa shape index (κ3) is 2.56. The average molecular weight is 306 g/mol. The Morgan fingerprint density at radius 1 is 1.06 bits per heavy atom. The Kier molecular flexibility index (Phi) is 3.71. The van der Waals surface area contributed by atoms with Crippen molar-refractivity contribution < 1.29 is 4.74 Å². The van der Waals surface area contributed by atoms with Crippen LogP contribution in [0.1, 0.15) is 22.3 Å². The second-order valence-electron chi connectivity index (χ2n) is 4.55. The monoisotopic (exact) mass is 305 g/mol. The summed E-state index contributed by atoms with van der Waals surface area (Å²) in [7, 11) is 0. The molecule has 0 atom stereocenters. The molecule has 1 aromatic heterocycles. The highest BCUT2D eigenvalue weighted by atomic mass is 79.9. The molecule has 0 saturated carbocycles. The number of rotatable bonds is 2. The maximum atomic E-state index is 5.97. The van der Waals surface area contributed by atoms with E-state index in [1.807, 2.05) is 13.0 Å². The fourth-order valence-corrected chi connectivity index (χ4v) is 2.31. The predicted molar refractivity (Wildman–Crippen MR) is 77.4 cm³/mol. The van der Waals surface area contributed by atoms with E-state index in [1.165, 1.54) is 5.56 Å². The van der Waals surface area contributed by atoms with E-state index in [9.17, 15) is 0 Å². The molecule has 0 bridgehead atoms. The predicted octanol–water partition coefficient (Wildman–Crippen LogP) is 4.87. The van der Waals surface area contributed by atoms with Gasteiger partial charge in [0.1, 0.15) is 5.75 Å². The summed E-state index contributed by atoms with van der Waals surface area (Å²) in [5.74, 6) is 1.55. The molecule has 0 spiro atoms. The first-order valence-corrected chi connectivity index (χ1v) is 6.65. The lowest BCUT2D eigenvalue weighted by Gasteiger charge is -2.13. The van der Waals surface area contributed by atoms with Crippen LogP contribution in [0.3, 0.4) is 0 Å². The fourth-order valence-electron chi connectivity index (χ4n) is 2.02. The Morgan fingerprint density at radius 2 is 1.67 bits per heavy atom. The highest BCUT2D eigenvalue weighted by Gasteiger charge is 2.10. The van der Waals surface area contributed by atoms with Gasteiger partial charge in [-0.1, -0.05) is 33.6 Å². The number of halogens is 1. The Balaban J connectivity index is 2.43. The minimum atomic E-state index is 0.652. The van der Waals surface area contributed by atoms with Gasteiger partial charge in [0.25, 0.3) is 0 Å². The van der Waals surface area contributed by atoms with Gasteiger partial charge in [-0.2, -0.15) is 0 Å². The number of aryl methyl sites for hydroxylation is 3. The van der Waals surface area contributed by atoms with Gasteiger partial charge in [-0.25, -0.2) is 4.98 Å². The van der Waals surface area contributed by atoms with Crippen molar-refractivity contribution in [2.45, 2.75) is 27.7 Å². The molecular weight excluding hydrogens is 290 g/mol. The van der Waals surface area contributed by atoms with Gasteiger partial charge in [-0.15, -0.1) is 0 Å². The number of hydrogen-bond acceptors (Lipinski definition) is 2. The third-order valence-corrected chi connectivity index (χ3v) is 3.75. The summed E-state index contributed by atoms with van der Waals surface area (Å²) in [6, 6.07) is 6.16. The molecule has 0 saturated heterocycles. The van der Waals surface area contributed by atoms with Crippen LogP contribution < -0.4 is 4.74 Å². The molecule has 0 unspecified atom stereocenters. The SMILES string of the molecule is Cc1cc(C)c(Oc2nccc(Br)c2C)c(C)c1. The van der Waals surface area contributed by atoms with E-state index in [4.69, 9.17) is 4.74 Å². The van der Waals surface area contributed by atoms with Crippen molar-refractivity contribution in [2.24, 2.45) is 0 Å². The Hall–Kier alpha value is -1.35. The van der Waals surface area contributed by atoms with Crippen molar-refractivity contribution >= 4 is 15.9 Å². The van der Waals surface area contributed by atoms with Gasteiger partial charge < -0.3 is 4.74 Å². The lowest BCUT2D eigenvalue weighted by atomic mass is 10.1. The number of aromatic nitrogens is 1. The average Bonchev–Trinajstić information content (AvgIpc) is 2.28. The molecule has 18 heavy (non-hydrogen) atoms. The van der Waals surface area contributed by atoms with E-state index in [0.29, 0.717) is 5.88 Å². The Bertz CT molecular complexity index is 570. The Morgan fingerprint density at radius 3 is 2.28 bits per heavy atom. The summed E-state index contributed by atoms with van der Waals surface area (Å²) < 4.78 is 6.97. The number of ether oxygens (including phenoxy) is 1. The minimum absolute atomic E-state index is 0.652. The van der Waals surface area contributed by atoms with Crippen molar-refractivity contribution in [3.05, 3.63) is 51.1 Å². The van der Waals surface area contributed by atoms with E-state index in [2.05, 4.69) is 53.8 Å². The molecule has 2 nitrogen and oxygen atoms in total. The molecule has 0 fully saturated rings. The van der Waals surface area contributed by atoms with Gasteiger partial charge in [-0.05, 0) is 44.9 Å². The quantitative estimate of drug-likeness (QED) is 0.789. The number of pyridine rings is 1. The van der Waals surface area contributed by atoms with Gasteiger partial charge in [0.05, 0.1) is 0 Å². The third-order valence-electron chi connectivity index (χ3n) is 2.90. The summed E-state index contributed by atoms with van der Waals surface area (Å²) in [5.41, 5.74) is 4.52. The second kappa shape index (κ2) is 5.11. The lowest BCUT2D eigenvalue weighted by molar-refractivity contribution is 0.451. The van der Waals surface area contributed by atoms with E-state index < -0.39 is 0 Å². The number of benzene rings is 1. The summed E-state index contributed by atoms with van der Waals surface area (Å²) in [6.07, 6.45) is 1.74. The summed E-state index contributed by atoms with van der Waals surface area (Å²) in [6.45, 7) is 8.20. The van der Waals surface area contributed by atoms with Crippen LogP contribution in [0.5, 0.6) is 11.6 Å². The molecule has 1 heterocycles. The van der Waals surface area contributed by atoms with Crippen molar-refractivity contribution in [1.29, 1.82) is 0 Å². The van der Waals surface area contributed by atoms with Gasteiger partial charge in [-0.3, -0.25) is 0 Å². The van der Waals surface area contributed by atoms with Crippen LogP contribution in [0.2, 0.25) is 0 Å². The zero-order valence-electron chi connectivity index (χ0n) is 11.0. The molecular formula is C15H16BrNO. The van der Waals surface area contributed by atoms with Gasteiger partial charge in [0, 0.05) is 16.2 Å². The smallest absolute Gasteiger partial charge is 0.223 e. The largest absolute Gasteiger partial charge is 0.438 e. The second-order valence-corrected chi connectivity index (χ2v) is 5.41. The number of nitrogens with zero attached hydrogens (tertiary/aromatic N) is 1. The fraction of sp³-hybridized carbons (Fsp3) is 0.267. The molecule has 0 aliphatic rings. The van der Waals surface area contributed by atoms with E-state index in [0.717, 1.165) is 26.9 Å². The zero-order valence-corrected chi connectivity index (χ0v) is 12.6. The molecule has 0 radical (unpaired) electrons. The van der Waals surface area contributed by atoms with Crippen molar-refractivity contribution in [3.8, 4) is 11.6 Å². The molecule has 0 amide bonds. The molecule has 0 aliphatic carbocycles. The summed E-state index contributed by atoms with van der Waals surface area (Å²) >= 11 is 3.49. The molecule has 0 aliphatic heterocycles. The van der Waals surface area contributed by atoms with Crippen molar-refractivity contribution in [3.63, 3.8) is 0 Å². The maximum Gasteiger partial charge on any atom is 0.223 e. The van der Waals surface area contributed by atoms with E-state index in [1.54, 1.807) is 6.20 Å². The van der Waals surface area contributed by atoms with Crippen LogP contribution in [0.15, 0.2) is 28.9 Å². The van der Waals surface area contributed by atoms with Crippen molar-refractivity contribution in [2.75, 3.05) is 0 Å². The van der Waals surface area contributed by atoms with E-state index in [-0.39, 0.29) is 0 Å². The van der Waals surface area contributed by atoms with Crippen LogP contribution in [-0.4, -0.2) is 4.98 Å². The first-order chi connectivity index (χ1) is 8.49.